The van der Waals surface area contributed by atoms with E-state index in [0.29, 0.717) is 0 Å². The third-order valence-corrected chi connectivity index (χ3v) is 2.33. The first-order valence-corrected chi connectivity index (χ1v) is 4.44. The number of carbonyl (C=O) groups is 1. The molecule has 0 saturated carbocycles. The van der Waals surface area contributed by atoms with Gasteiger partial charge in [0, 0.05) is 5.92 Å². The number of rotatable bonds is 3. The lowest BCUT2D eigenvalue weighted by atomic mass is 9.92. The molecule has 0 saturated heterocycles. The van der Waals surface area contributed by atoms with E-state index in [9.17, 15) is 4.79 Å². The SMILES string of the molecule is CC(=O)C(N)[C@@H](C)c1ccccc1. The molecule has 0 aliphatic carbocycles. The fraction of sp³-hybridized carbons (Fsp3) is 0.364. The van der Waals surface area contributed by atoms with Gasteiger partial charge in [0.25, 0.3) is 0 Å². The van der Waals surface area contributed by atoms with Gasteiger partial charge in [0.05, 0.1) is 6.04 Å². The highest BCUT2D eigenvalue weighted by Gasteiger charge is 2.17. The van der Waals surface area contributed by atoms with E-state index in [1.165, 1.54) is 6.92 Å². The van der Waals surface area contributed by atoms with Gasteiger partial charge in [-0.2, -0.15) is 0 Å². The molecule has 0 radical (unpaired) electrons. The van der Waals surface area contributed by atoms with Gasteiger partial charge in [0.15, 0.2) is 0 Å². The van der Waals surface area contributed by atoms with Gasteiger partial charge in [-0.05, 0) is 12.5 Å². The van der Waals surface area contributed by atoms with E-state index in [1.807, 2.05) is 37.3 Å². The van der Waals surface area contributed by atoms with Gasteiger partial charge < -0.3 is 5.73 Å². The van der Waals surface area contributed by atoms with Crippen LogP contribution >= 0.6 is 0 Å². The van der Waals surface area contributed by atoms with E-state index in [1.54, 1.807) is 0 Å². The lowest BCUT2D eigenvalue weighted by Crippen LogP contribution is -2.33. The largest absolute Gasteiger partial charge is 0.321 e. The molecule has 0 amide bonds. The van der Waals surface area contributed by atoms with E-state index in [-0.39, 0.29) is 17.7 Å². The second kappa shape index (κ2) is 4.19. The molecule has 1 aromatic rings. The van der Waals surface area contributed by atoms with Crippen LogP contribution in [0.15, 0.2) is 30.3 Å². The van der Waals surface area contributed by atoms with E-state index in [0.717, 1.165) is 5.56 Å². The Balaban J connectivity index is 2.79. The minimum absolute atomic E-state index is 0.0383. The van der Waals surface area contributed by atoms with Crippen LogP contribution in [0.2, 0.25) is 0 Å². The van der Waals surface area contributed by atoms with Crippen molar-refractivity contribution in [1.29, 1.82) is 0 Å². The van der Waals surface area contributed by atoms with Crippen molar-refractivity contribution in [3.63, 3.8) is 0 Å². The van der Waals surface area contributed by atoms with Crippen LogP contribution in [-0.2, 0) is 4.79 Å². The molecule has 0 spiro atoms. The average molecular weight is 177 g/mol. The molecule has 1 unspecified atom stereocenters. The Kier molecular flexibility index (Phi) is 3.20. The minimum atomic E-state index is -0.387. The smallest absolute Gasteiger partial charge is 0.147 e. The Bertz CT molecular complexity index is 281. The second-order valence-electron chi connectivity index (χ2n) is 3.34. The summed E-state index contributed by atoms with van der Waals surface area (Å²) in [6, 6.07) is 9.47. The molecule has 0 aromatic heterocycles. The van der Waals surface area contributed by atoms with Crippen LogP contribution in [0.3, 0.4) is 0 Å². The molecule has 2 nitrogen and oxygen atoms in total. The molecule has 1 rings (SSSR count). The Morgan fingerprint density at radius 2 is 1.85 bits per heavy atom. The fourth-order valence-corrected chi connectivity index (χ4v) is 1.32. The first kappa shape index (κ1) is 9.93. The monoisotopic (exact) mass is 177 g/mol. The minimum Gasteiger partial charge on any atom is -0.321 e. The predicted octanol–water partition coefficient (Wildman–Crippen LogP) is 1.71. The van der Waals surface area contributed by atoms with Crippen LogP contribution in [-0.4, -0.2) is 11.8 Å². The number of hydrogen-bond donors (Lipinski definition) is 1. The maximum Gasteiger partial charge on any atom is 0.147 e. The summed E-state index contributed by atoms with van der Waals surface area (Å²) >= 11 is 0. The quantitative estimate of drug-likeness (QED) is 0.763. The Morgan fingerprint density at radius 3 is 2.31 bits per heavy atom. The summed E-state index contributed by atoms with van der Waals surface area (Å²) in [5, 5.41) is 0. The lowest BCUT2D eigenvalue weighted by molar-refractivity contribution is -0.118. The average Bonchev–Trinajstić information content (AvgIpc) is 2.17. The van der Waals surface area contributed by atoms with Crippen molar-refractivity contribution in [1.82, 2.24) is 0 Å². The zero-order valence-electron chi connectivity index (χ0n) is 8.03. The summed E-state index contributed by atoms with van der Waals surface area (Å²) in [7, 11) is 0. The molecule has 2 heteroatoms. The number of Topliss-reactive ketones (excluding diaryl/α,β-unsaturated/α-hetero) is 1. The van der Waals surface area contributed by atoms with Gasteiger partial charge in [-0.1, -0.05) is 37.3 Å². The summed E-state index contributed by atoms with van der Waals surface area (Å²) < 4.78 is 0. The van der Waals surface area contributed by atoms with Crippen molar-refractivity contribution < 1.29 is 4.79 Å². The van der Waals surface area contributed by atoms with Crippen LogP contribution in [0.25, 0.3) is 0 Å². The molecule has 1 aromatic carbocycles. The molecular formula is C11H15NO. The lowest BCUT2D eigenvalue weighted by Gasteiger charge is -2.17. The van der Waals surface area contributed by atoms with Crippen molar-refractivity contribution in [2.24, 2.45) is 5.73 Å². The highest BCUT2D eigenvalue weighted by atomic mass is 16.1. The van der Waals surface area contributed by atoms with E-state index in [2.05, 4.69) is 0 Å². The van der Waals surface area contributed by atoms with Crippen molar-refractivity contribution in [3.05, 3.63) is 35.9 Å². The Labute approximate surface area is 78.8 Å². The van der Waals surface area contributed by atoms with Crippen molar-refractivity contribution in [2.75, 3.05) is 0 Å². The fourth-order valence-electron chi connectivity index (χ4n) is 1.32. The molecule has 0 heterocycles. The van der Waals surface area contributed by atoms with Gasteiger partial charge in [0.1, 0.15) is 5.78 Å². The summed E-state index contributed by atoms with van der Waals surface area (Å²) in [5.41, 5.74) is 6.86. The number of carbonyl (C=O) groups excluding carboxylic acids is 1. The summed E-state index contributed by atoms with van der Waals surface area (Å²) in [6.07, 6.45) is 0. The number of nitrogens with two attached hydrogens (primary N) is 1. The van der Waals surface area contributed by atoms with E-state index in [4.69, 9.17) is 5.73 Å². The molecule has 13 heavy (non-hydrogen) atoms. The van der Waals surface area contributed by atoms with Gasteiger partial charge >= 0.3 is 0 Å². The van der Waals surface area contributed by atoms with Gasteiger partial charge in [-0.25, -0.2) is 0 Å². The maximum atomic E-state index is 11.0. The highest BCUT2D eigenvalue weighted by molar-refractivity contribution is 5.82. The van der Waals surface area contributed by atoms with Crippen LogP contribution < -0.4 is 5.73 Å². The van der Waals surface area contributed by atoms with Crippen LogP contribution in [0, 0.1) is 0 Å². The normalized spacial score (nSPS) is 15.0. The van der Waals surface area contributed by atoms with E-state index >= 15 is 0 Å². The summed E-state index contributed by atoms with van der Waals surface area (Å²) in [5.74, 6) is 0.134. The predicted molar refractivity (Wildman–Crippen MR) is 53.5 cm³/mol. The highest BCUT2D eigenvalue weighted by Crippen LogP contribution is 2.17. The van der Waals surface area contributed by atoms with Crippen molar-refractivity contribution in [2.45, 2.75) is 25.8 Å². The third-order valence-electron chi connectivity index (χ3n) is 2.33. The Hall–Kier alpha value is -1.15. The zero-order chi connectivity index (χ0) is 9.84. The zero-order valence-corrected chi connectivity index (χ0v) is 8.03. The maximum absolute atomic E-state index is 11.0. The Morgan fingerprint density at radius 1 is 1.31 bits per heavy atom. The molecule has 70 valence electrons. The van der Waals surface area contributed by atoms with Crippen molar-refractivity contribution >= 4 is 5.78 Å². The number of benzene rings is 1. The molecule has 0 aliphatic heterocycles. The molecule has 0 aliphatic rings. The first-order valence-electron chi connectivity index (χ1n) is 4.44. The molecule has 0 fully saturated rings. The van der Waals surface area contributed by atoms with Gasteiger partial charge in [-0.3, -0.25) is 4.79 Å². The van der Waals surface area contributed by atoms with E-state index < -0.39 is 0 Å². The summed E-state index contributed by atoms with van der Waals surface area (Å²) in [6.45, 7) is 3.51. The second-order valence-corrected chi connectivity index (χ2v) is 3.34. The third kappa shape index (κ3) is 2.39. The molecule has 2 N–H and O–H groups in total. The molecule has 2 atom stereocenters. The topological polar surface area (TPSA) is 43.1 Å². The molecular weight excluding hydrogens is 162 g/mol. The van der Waals surface area contributed by atoms with Crippen molar-refractivity contribution in [3.8, 4) is 0 Å². The van der Waals surface area contributed by atoms with Crippen LogP contribution in [0.1, 0.15) is 25.3 Å². The first-order chi connectivity index (χ1) is 6.13. The standard InChI is InChI=1S/C11H15NO/c1-8(11(12)9(2)13)10-6-4-3-5-7-10/h3-8,11H,12H2,1-2H3/t8-,11?/m0/s1. The van der Waals surface area contributed by atoms with Crippen LogP contribution in [0.5, 0.6) is 0 Å². The number of ketones is 1. The van der Waals surface area contributed by atoms with Gasteiger partial charge in [-0.15, -0.1) is 0 Å². The number of hydrogen-bond acceptors (Lipinski definition) is 2. The van der Waals surface area contributed by atoms with Gasteiger partial charge in [0.2, 0.25) is 0 Å². The summed E-state index contributed by atoms with van der Waals surface area (Å²) in [4.78, 5) is 11.0. The molecule has 0 bridgehead atoms. The van der Waals surface area contributed by atoms with Crippen LogP contribution in [0.4, 0.5) is 0 Å².